The van der Waals surface area contributed by atoms with Crippen molar-refractivity contribution in [2.75, 3.05) is 0 Å². The molecule has 1 rings (SSSR count). The van der Waals surface area contributed by atoms with Gasteiger partial charge < -0.3 is 5.11 Å². The summed E-state index contributed by atoms with van der Waals surface area (Å²) in [4.78, 5) is 3.45. The van der Waals surface area contributed by atoms with Crippen molar-refractivity contribution in [1.29, 1.82) is 5.26 Å². The molecule has 68 valence electrons. The van der Waals surface area contributed by atoms with E-state index in [0.29, 0.717) is 0 Å². The Morgan fingerprint density at radius 1 is 1.62 bits per heavy atom. The van der Waals surface area contributed by atoms with Gasteiger partial charge in [-0.05, 0) is 15.9 Å². The highest BCUT2D eigenvalue weighted by atomic mass is 79.9. The van der Waals surface area contributed by atoms with E-state index in [9.17, 15) is 8.78 Å². The Bertz CT molecular complexity index is 375. The van der Waals surface area contributed by atoms with Crippen molar-refractivity contribution in [3.05, 3.63) is 21.9 Å². The molecule has 0 radical (unpaired) electrons. The molecule has 0 unspecified atom stereocenters. The Morgan fingerprint density at radius 2 is 2.23 bits per heavy atom. The number of nitrogens with zero attached hydrogens (tertiary/aromatic N) is 2. The first-order valence-electron chi connectivity index (χ1n) is 3.13. The number of pyridine rings is 1. The minimum atomic E-state index is -2.84. The van der Waals surface area contributed by atoms with E-state index < -0.39 is 17.7 Å². The van der Waals surface area contributed by atoms with Gasteiger partial charge in [0.05, 0.1) is 16.2 Å². The number of aromatic nitrogens is 1. The molecular weight excluding hydrogens is 246 g/mol. The van der Waals surface area contributed by atoms with E-state index in [2.05, 4.69) is 20.9 Å². The summed E-state index contributed by atoms with van der Waals surface area (Å²) in [6.07, 6.45) is -2.02. The fraction of sp³-hybridized carbons (Fsp3) is 0.143. The first-order chi connectivity index (χ1) is 6.07. The normalized spacial score (nSPS) is 10.1. The third-order valence-electron chi connectivity index (χ3n) is 1.36. The molecule has 0 aliphatic heterocycles. The average Bonchev–Trinajstić information content (AvgIpc) is 2.04. The molecule has 0 spiro atoms. The van der Waals surface area contributed by atoms with Gasteiger partial charge in [0.25, 0.3) is 6.43 Å². The lowest BCUT2D eigenvalue weighted by Crippen LogP contribution is -1.93. The zero-order chi connectivity index (χ0) is 10.0. The van der Waals surface area contributed by atoms with Crippen molar-refractivity contribution in [1.82, 2.24) is 4.98 Å². The maximum Gasteiger partial charge on any atom is 0.268 e. The Morgan fingerprint density at radius 3 is 2.69 bits per heavy atom. The predicted molar refractivity (Wildman–Crippen MR) is 43.3 cm³/mol. The van der Waals surface area contributed by atoms with Crippen LogP contribution in [0, 0.1) is 11.3 Å². The van der Waals surface area contributed by atoms with Crippen LogP contribution >= 0.6 is 15.9 Å². The molecule has 0 aromatic carbocycles. The number of rotatable bonds is 1. The van der Waals surface area contributed by atoms with E-state index in [1.54, 1.807) is 6.07 Å². The van der Waals surface area contributed by atoms with Crippen molar-refractivity contribution in [2.45, 2.75) is 6.43 Å². The minimum absolute atomic E-state index is 0.162. The smallest absolute Gasteiger partial charge is 0.268 e. The van der Waals surface area contributed by atoms with E-state index >= 15 is 0 Å². The van der Waals surface area contributed by atoms with E-state index in [1.807, 2.05) is 0 Å². The third kappa shape index (κ3) is 1.75. The van der Waals surface area contributed by atoms with Gasteiger partial charge in [-0.25, -0.2) is 13.8 Å². The van der Waals surface area contributed by atoms with Crippen LogP contribution in [0.15, 0.2) is 10.7 Å². The highest BCUT2D eigenvalue weighted by molar-refractivity contribution is 9.10. The summed E-state index contributed by atoms with van der Waals surface area (Å²) in [6, 6.07) is 1.62. The maximum absolute atomic E-state index is 12.3. The summed E-state index contributed by atoms with van der Waals surface area (Å²) in [7, 11) is 0. The lowest BCUT2D eigenvalue weighted by atomic mass is 10.2. The third-order valence-corrected chi connectivity index (χ3v) is 2.16. The molecule has 0 atom stereocenters. The Balaban J connectivity index is 3.41. The first-order valence-corrected chi connectivity index (χ1v) is 3.92. The van der Waals surface area contributed by atoms with Crippen LogP contribution in [0.4, 0.5) is 8.78 Å². The Labute approximate surface area is 80.8 Å². The number of hydrogen-bond donors (Lipinski definition) is 1. The van der Waals surface area contributed by atoms with Crippen molar-refractivity contribution in [2.24, 2.45) is 0 Å². The lowest BCUT2D eigenvalue weighted by molar-refractivity contribution is 0.146. The molecule has 0 amide bonds. The zero-order valence-electron chi connectivity index (χ0n) is 6.13. The van der Waals surface area contributed by atoms with Gasteiger partial charge in [0, 0.05) is 0 Å². The molecule has 13 heavy (non-hydrogen) atoms. The van der Waals surface area contributed by atoms with E-state index in [0.717, 1.165) is 6.20 Å². The summed E-state index contributed by atoms with van der Waals surface area (Å²) in [5, 5.41) is 17.4. The quantitative estimate of drug-likeness (QED) is 0.830. The van der Waals surface area contributed by atoms with Gasteiger partial charge in [-0.1, -0.05) is 0 Å². The summed E-state index contributed by atoms with van der Waals surface area (Å²) >= 11 is 2.77. The fourth-order valence-electron chi connectivity index (χ4n) is 0.777. The maximum atomic E-state index is 12.3. The second-order valence-corrected chi connectivity index (χ2v) is 2.93. The van der Waals surface area contributed by atoms with Crippen LogP contribution in [-0.2, 0) is 0 Å². The van der Waals surface area contributed by atoms with E-state index in [-0.39, 0.29) is 10.2 Å². The Kier molecular flexibility index (Phi) is 2.78. The second-order valence-electron chi connectivity index (χ2n) is 2.13. The first kappa shape index (κ1) is 9.86. The van der Waals surface area contributed by atoms with E-state index in [1.165, 1.54) is 0 Å². The number of alkyl halides is 2. The van der Waals surface area contributed by atoms with Gasteiger partial charge in [0.2, 0.25) is 0 Å². The molecule has 1 aromatic heterocycles. The van der Waals surface area contributed by atoms with Crippen molar-refractivity contribution in [3.8, 4) is 11.8 Å². The monoisotopic (exact) mass is 248 g/mol. The van der Waals surface area contributed by atoms with Crippen LogP contribution in [0.1, 0.15) is 17.7 Å². The number of hydrogen-bond acceptors (Lipinski definition) is 3. The zero-order valence-corrected chi connectivity index (χ0v) is 7.72. The lowest BCUT2D eigenvalue weighted by Gasteiger charge is -2.05. The molecule has 0 bridgehead atoms. The molecule has 1 N–H and O–H groups in total. The van der Waals surface area contributed by atoms with E-state index in [4.69, 9.17) is 10.4 Å². The summed E-state index contributed by atoms with van der Waals surface area (Å²) in [6.45, 7) is 0. The Hall–Kier alpha value is -1.22. The van der Waals surface area contributed by atoms with Gasteiger partial charge in [-0.3, -0.25) is 0 Å². The molecule has 0 aliphatic carbocycles. The van der Waals surface area contributed by atoms with Gasteiger partial charge in [0.15, 0.2) is 5.69 Å². The predicted octanol–water partition coefficient (Wildman–Crippen LogP) is 2.36. The molecule has 6 heteroatoms. The summed E-state index contributed by atoms with van der Waals surface area (Å²) < 4.78 is 24.4. The molecule has 0 fully saturated rings. The fourth-order valence-corrected chi connectivity index (χ4v) is 1.34. The number of nitriles is 1. The van der Waals surface area contributed by atoms with Gasteiger partial charge >= 0.3 is 0 Å². The van der Waals surface area contributed by atoms with Crippen molar-refractivity contribution in [3.63, 3.8) is 0 Å². The van der Waals surface area contributed by atoms with Crippen LogP contribution in [0.25, 0.3) is 0 Å². The molecule has 3 nitrogen and oxygen atoms in total. The van der Waals surface area contributed by atoms with Crippen LogP contribution in [0.5, 0.6) is 5.75 Å². The van der Waals surface area contributed by atoms with Gasteiger partial charge in [0.1, 0.15) is 11.8 Å². The molecule has 0 saturated carbocycles. The molecule has 1 aromatic rings. The largest absolute Gasteiger partial charge is 0.506 e. The van der Waals surface area contributed by atoms with Crippen molar-refractivity contribution < 1.29 is 13.9 Å². The highest BCUT2D eigenvalue weighted by Gasteiger charge is 2.20. The average molecular weight is 249 g/mol. The topological polar surface area (TPSA) is 56.9 Å². The molecule has 1 heterocycles. The second kappa shape index (κ2) is 3.66. The SMILES string of the molecule is N#Cc1ncc(O)c(C(F)F)c1Br. The van der Waals surface area contributed by atoms with Crippen LogP contribution in [0.3, 0.4) is 0 Å². The van der Waals surface area contributed by atoms with Crippen LogP contribution in [0.2, 0.25) is 0 Å². The van der Waals surface area contributed by atoms with Gasteiger partial charge in [-0.15, -0.1) is 0 Å². The van der Waals surface area contributed by atoms with Crippen LogP contribution < -0.4 is 0 Å². The standard InChI is InChI=1S/C7H3BrF2N2O/c8-6-3(1-11)12-2-4(13)5(6)7(9)10/h2,7,13H. The number of halogens is 3. The summed E-state index contributed by atoms with van der Waals surface area (Å²) in [5.41, 5.74) is -0.778. The van der Waals surface area contributed by atoms with Crippen molar-refractivity contribution >= 4 is 15.9 Å². The highest BCUT2D eigenvalue weighted by Crippen LogP contribution is 2.35. The van der Waals surface area contributed by atoms with Crippen LogP contribution in [-0.4, -0.2) is 10.1 Å². The molecule has 0 saturated heterocycles. The molecular formula is C7H3BrF2N2O. The van der Waals surface area contributed by atoms with Gasteiger partial charge in [-0.2, -0.15) is 5.26 Å². The molecule has 0 aliphatic rings. The summed E-state index contributed by atoms with van der Waals surface area (Å²) in [5.74, 6) is -0.624. The minimum Gasteiger partial charge on any atom is -0.506 e. The number of aromatic hydroxyl groups is 1.